The van der Waals surface area contributed by atoms with Crippen molar-refractivity contribution in [1.29, 1.82) is 0 Å². The zero-order valence-corrected chi connectivity index (χ0v) is 11.4. The predicted octanol–water partition coefficient (Wildman–Crippen LogP) is 0.00170. The first-order valence-corrected chi connectivity index (χ1v) is 6.33. The maximum Gasteiger partial charge on any atom is 0.417 e. The molecule has 3 amide bonds. The fourth-order valence-electron chi connectivity index (χ4n) is 1.74. The average Bonchev–Trinajstić information content (AvgIpc) is 2.40. The molecule has 1 aromatic carbocycles. The number of halogens is 1. The third-order valence-corrected chi connectivity index (χ3v) is 3.68. The molecule has 1 aliphatic heterocycles. The summed E-state index contributed by atoms with van der Waals surface area (Å²) in [7, 11) is 1.45. The lowest BCUT2D eigenvalue weighted by Gasteiger charge is -2.28. The summed E-state index contributed by atoms with van der Waals surface area (Å²) in [6.07, 6.45) is 0. The number of carbonyl (C=O) groups excluding carboxylic acids is 2. The van der Waals surface area contributed by atoms with Crippen LogP contribution in [0.25, 0.3) is 0 Å². The molecule has 94 valence electrons. The maximum atomic E-state index is 12.0. The molecular weight excluding hydrogens is 298 g/mol. The molecule has 0 radical (unpaired) electrons. The predicted molar refractivity (Wildman–Crippen MR) is 69.8 cm³/mol. The van der Waals surface area contributed by atoms with E-state index in [2.05, 4.69) is 15.9 Å². The quantitative estimate of drug-likeness (QED) is 0.782. The molecule has 1 fully saturated rings. The molecular formula is C12H13BrN3O2+. The SMILES string of the molecule is CN1C(=O)C(Br)C(=[NH2+])N(Cc2ccccc2)C1=O. The molecule has 0 spiro atoms. The Labute approximate surface area is 113 Å². The van der Waals surface area contributed by atoms with Crippen LogP contribution in [-0.4, -0.2) is 39.4 Å². The topological polar surface area (TPSA) is 66.2 Å². The highest BCUT2D eigenvalue weighted by atomic mass is 79.9. The minimum Gasteiger partial charge on any atom is -0.289 e. The number of nitrogens with two attached hydrogens (primary N) is 1. The van der Waals surface area contributed by atoms with Crippen molar-refractivity contribution in [3.63, 3.8) is 0 Å². The van der Waals surface area contributed by atoms with E-state index >= 15 is 0 Å². The average molecular weight is 311 g/mol. The van der Waals surface area contributed by atoms with Crippen LogP contribution in [0.15, 0.2) is 30.3 Å². The lowest BCUT2D eigenvalue weighted by Crippen LogP contribution is -2.67. The van der Waals surface area contributed by atoms with Gasteiger partial charge in [0, 0.05) is 7.05 Å². The molecule has 0 aliphatic carbocycles. The second-order valence-corrected chi connectivity index (χ2v) is 4.95. The van der Waals surface area contributed by atoms with Gasteiger partial charge in [-0.25, -0.2) is 9.69 Å². The molecule has 0 bridgehead atoms. The van der Waals surface area contributed by atoms with Crippen molar-refractivity contribution in [3.05, 3.63) is 35.9 Å². The van der Waals surface area contributed by atoms with Gasteiger partial charge in [-0.1, -0.05) is 46.3 Å². The van der Waals surface area contributed by atoms with Crippen molar-refractivity contribution in [3.8, 4) is 0 Å². The number of urea groups is 1. The maximum absolute atomic E-state index is 12.0. The fraction of sp³-hybridized carbons (Fsp3) is 0.250. The number of nitrogens with zero attached hydrogens (tertiary/aromatic N) is 2. The second kappa shape index (κ2) is 4.89. The molecule has 18 heavy (non-hydrogen) atoms. The third kappa shape index (κ3) is 2.15. The monoisotopic (exact) mass is 310 g/mol. The van der Waals surface area contributed by atoms with Crippen molar-refractivity contribution in [2.24, 2.45) is 0 Å². The van der Waals surface area contributed by atoms with Gasteiger partial charge in [-0.2, -0.15) is 4.90 Å². The number of carbonyl (C=O) groups is 2. The van der Waals surface area contributed by atoms with Crippen LogP contribution in [-0.2, 0) is 11.3 Å². The van der Waals surface area contributed by atoms with Crippen LogP contribution in [0.2, 0.25) is 0 Å². The van der Waals surface area contributed by atoms with Gasteiger partial charge in [0.05, 0.1) is 0 Å². The highest BCUT2D eigenvalue weighted by Gasteiger charge is 2.46. The number of rotatable bonds is 2. The first-order valence-electron chi connectivity index (χ1n) is 5.41. The number of hydrogen-bond donors (Lipinski definition) is 1. The van der Waals surface area contributed by atoms with Gasteiger partial charge in [-0.05, 0) is 5.56 Å². The van der Waals surface area contributed by atoms with Gasteiger partial charge in [0.1, 0.15) is 6.54 Å². The van der Waals surface area contributed by atoms with Gasteiger partial charge in [0.25, 0.3) is 11.7 Å². The summed E-state index contributed by atoms with van der Waals surface area (Å²) >= 11 is 3.19. The smallest absolute Gasteiger partial charge is 0.289 e. The van der Waals surface area contributed by atoms with E-state index < -0.39 is 10.9 Å². The molecule has 1 unspecified atom stereocenters. The lowest BCUT2D eigenvalue weighted by atomic mass is 10.2. The Morgan fingerprint density at radius 1 is 1.28 bits per heavy atom. The minimum atomic E-state index is -0.649. The number of imide groups is 1. The van der Waals surface area contributed by atoms with Crippen molar-refractivity contribution in [1.82, 2.24) is 9.80 Å². The molecule has 1 heterocycles. The van der Waals surface area contributed by atoms with Crippen molar-refractivity contribution < 1.29 is 15.0 Å². The van der Waals surface area contributed by atoms with E-state index in [-0.39, 0.29) is 11.7 Å². The molecule has 6 heteroatoms. The van der Waals surface area contributed by atoms with Gasteiger partial charge in [0.15, 0.2) is 4.83 Å². The minimum absolute atomic E-state index is 0.229. The summed E-state index contributed by atoms with van der Waals surface area (Å²) in [6, 6.07) is 9.08. The van der Waals surface area contributed by atoms with Gasteiger partial charge < -0.3 is 0 Å². The Bertz CT molecular complexity index is 479. The molecule has 2 N–H and O–H groups in total. The molecule has 1 aliphatic rings. The van der Waals surface area contributed by atoms with E-state index in [0.29, 0.717) is 6.54 Å². The van der Waals surface area contributed by atoms with Crippen LogP contribution in [0.1, 0.15) is 5.56 Å². The van der Waals surface area contributed by atoms with Crippen LogP contribution >= 0.6 is 15.9 Å². The number of amides is 3. The van der Waals surface area contributed by atoms with Crippen LogP contribution in [0.4, 0.5) is 4.79 Å². The summed E-state index contributed by atoms with van der Waals surface area (Å²) in [6.45, 7) is 0.352. The molecule has 1 aromatic rings. The molecule has 2 rings (SSSR count). The van der Waals surface area contributed by atoms with E-state index in [1.165, 1.54) is 11.9 Å². The van der Waals surface area contributed by atoms with Crippen molar-refractivity contribution in [2.45, 2.75) is 11.4 Å². The number of alkyl halides is 1. The Morgan fingerprint density at radius 2 is 1.89 bits per heavy atom. The zero-order valence-electron chi connectivity index (χ0n) is 9.84. The Hall–Kier alpha value is -1.69. The first kappa shape index (κ1) is 12.8. The summed E-state index contributed by atoms with van der Waals surface area (Å²) in [5, 5.41) is 5.84. The number of hydrogen-bond acceptors (Lipinski definition) is 2. The molecule has 1 saturated heterocycles. The van der Waals surface area contributed by atoms with Crippen LogP contribution in [0, 0.1) is 0 Å². The number of benzene rings is 1. The standard InChI is InChI=1S/C12H12BrN3O2/c1-15-11(17)9(13)10(14)16(12(15)18)7-8-5-3-2-4-6-8/h2-6,9,14H,7H2,1H3/p+1. The largest absolute Gasteiger partial charge is 0.417 e. The van der Waals surface area contributed by atoms with Gasteiger partial charge >= 0.3 is 6.03 Å². The van der Waals surface area contributed by atoms with E-state index in [0.717, 1.165) is 10.5 Å². The highest BCUT2D eigenvalue weighted by molar-refractivity contribution is 9.10. The lowest BCUT2D eigenvalue weighted by molar-refractivity contribution is -0.140. The van der Waals surface area contributed by atoms with Crippen LogP contribution in [0.3, 0.4) is 0 Å². The van der Waals surface area contributed by atoms with E-state index in [9.17, 15) is 9.59 Å². The third-order valence-electron chi connectivity index (χ3n) is 2.82. The van der Waals surface area contributed by atoms with Gasteiger partial charge in [-0.3, -0.25) is 10.2 Å². The number of amidine groups is 1. The normalized spacial score (nSPS) is 20.6. The summed E-state index contributed by atoms with van der Waals surface area (Å²) in [5.41, 5.74) is 0.955. The first-order chi connectivity index (χ1) is 8.52. The Kier molecular flexibility index (Phi) is 3.47. The fourth-order valence-corrected chi connectivity index (χ4v) is 2.30. The van der Waals surface area contributed by atoms with Gasteiger partial charge in [-0.15, -0.1) is 0 Å². The zero-order chi connectivity index (χ0) is 13.3. The van der Waals surface area contributed by atoms with Crippen LogP contribution in [0.5, 0.6) is 0 Å². The van der Waals surface area contributed by atoms with Crippen molar-refractivity contribution >= 4 is 33.7 Å². The Morgan fingerprint density at radius 3 is 2.50 bits per heavy atom. The Balaban J connectivity index is 2.24. The molecule has 1 atom stereocenters. The van der Waals surface area contributed by atoms with E-state index in [1.807, 2.05) is 30.3 Å². The summed E-state index contributed by atoms with van der Waals surface area (Å²) in [4.78, 5) is 25.5. The molecule has 0 aromatic heterocycles. The van der Waals surface area contributed by atoms with E-state index in [1.54, 1.807) is 0 Å². The second-order valence-electron chi connectivity index (χ2n) is 4.04. The van der Waals surface area contributed by atoms with Crippen LogP contribution < -0.4 is 5.41 Å². The van der Waals surface area contributed by atoms with E-state index in [4.69, 9.17) is 5.41 Å². The van der Waals surface area contributed by atoms with Crippen molar-refractivity contribution in [2.75, 3.05) is 7.05 Å². The summed E-state index contributed by atoms with van der Waals surface area (Å²) in [5.74, 6) is -0.117. The summed E-state index contributed by atoms with van der Waals surface area (Å²) < 4.78 is 0. The molecule has 0 saturated carbocycles. The molecule has 5 nitrogen and oxygen atoms in total. The highest BCUT2D eigenvalue weighted by Crippen LogP contribution is 2.18. The van der Waals surface area contributed by atoms with Gasteiger partial charge in [0.2, 0.25) is 0 Å².